The third-order valence-electron chi connectivity index (χ3n) is 8.96. The number of epoxide rings is 1. The van der Waals surface area contributed by atoms with Crippen molar-refractivity contribution in [2.45, 2.75) is 69.5 Å². The Kier molecular flexibility index (Phi) is 6.43. The fourth-order valence-corrected chi connectivity index (χ4v) is 6.65. The van der Waals surface area contributed by atoms with Crippen molar-refractivity contribution in [2.75, 3.05) is 7.11 Å². The lowest BCUT2D eigenvalue weighted by molar-refractivity contribution is -0.153. The van der Waals surface area contributed by atoms with E-state index in [2.05, 4.69) is 5.32 Å². The van der Waals surface area contributed by atoms with Crippen molar-refractivity contribution in [3.8, 4) is 5.75 Å². The van der Waals surface area contributed by atoms with E-state index in [1.54, 1.807) is 14.0 Å². The number of aliphatic hydroxyl groups is 1. The molecule has 1 spiro atoms. The maximum atomic E-state index is 13.9. The van der Waals surface area contributed by atoms with Crippen LogP contribution in [0.4, 0.5) is 4.79 Å². The number of carbonyl (C=O) groups excluding carboxylic acids is 3. The molecule has 2 saturated heterocycles. The lowest BCUT2D eigenvalue weighted by Gasteiger charge is -2.45. The summed E-state index contributed by atoms with van der Waals surface area (Å²) >= 11 is 0. The van der Waals surface area contributed by atoms with Gasteiger partial charge in [-0.15, -0.1) is 0 Å². The average Bonchev–Trinajstić information content (AvgIpc) is 3.49. The summed E-state index contributed by atoms with van der Waals surface area (Å²) < 4.78 is 22.6. The number of methoxy groups -OCH3 is 1. The SMILES string of the molecule is COc1ccc(C[C@@H]2NC(=O)[C@@]34OC(=O)OC=C[C@@](C)(O)C(=O)[C@@H](C)CC=C[C@H]3[C@@H]3O[C@]3(C)[C@@H](C)[C@H]24)cc1. The normalized spacial score (nSPS) is 42.2. The van der Waals surface area contributed by atoms with Crippen LogP contribution in [0.3, 0.4) is 0 Å². The number of ether oxygens (including phenoxy) is 4. The van der Waals surface area contributed by atoms with E-state index in [-0.39, 0.29) is 18.1 Å². The second-order valence-electron chi connectivity index (χ2n) is 11.3. The minimum atomic E-state index is -1.82. The van der Waals surface area contributed by atoms with E-state index < -0.39 is 52.4 Å². The number of ketones is 1. The summed E-state index contributed by atoms with van der Waals surface area (Å²) in [5.74, 6) is -1.71. The first-order chi connectivity index (χ1) is 17.9. The number of carbonyl (C=O) groups is 3. The molecule has 2 N–H and O–H groups in total. The van der Waals surface area contributed by atoms with E-state index >= 15 is 0 Å². The molecular formula is C29H35NO8. The Labute approximate surface area is 222 Å². The minimum absolute atomic E-state index is 0.125. The standard InChI is InChI=1S/C29H35NO8/c1-16-7-6-8-20-24-28(4,37-24)17(2)22-21(15-18-9-11-19(35-5)12-10-18)30-25(32)29(20,22)38-26(33)36-14-13-27(3,34)23(16)31/h6,8-14,16-17,20-22,24,34H,7,15H2,1-5H3,(H,30,32)/t16-,17-,20-,21-,22+,24-,27+,28+,29+/m0/s1. The highest BCUT2D eigenvalue weighted by molar-refractivity contribution is 5.92. The first-order valence-corrected chi connectivity index (χ1v) is 13.1. The molecule has 204 valence electrons. The second kappa shape index (κ2) is 9.24. The lowest BCUT2D eigenvalue weighted by Crippen LogP contribution is -2.61. The van der Waals surface area contributed by atoms with Gasteiger partial charge in [0.1, 0.15) is 11.4 Å². The molecule has 1 amide bonds. The van der Waals surface area contributed by atoms with Gasteiger partial charge in [0.05, 0.1) is 31.0 Å². The van der Waals surface area contributed by atoms with Crippen LogP contribution in [-0.2, 0) is 30.2 Å². The van der Waals surface area contributed by atoms with Crippen LogP contribution in [0.1, 0.15) is 39.7 Å². The monoisotopic (exact) mass is 525 g/mol. The fourth-order valence-electron chi connectivity index (χ4n) is 6.65. The zero-order chi connectivity index (χ0) is 27.5. The van der Waals surface area contributed by atoms with Gasteiger partial charge in [0.25, 0.3) is 5.91 Å². The molecule has 3 fully saturated rings. The number of Topliss-reactive ketones (excluding diaryl/α,β-unsaturated/α-hetero) is 1. The molecule has 0 aromatic heterocycles. The highest BCUT2D eigenvalue weighted by Crippen LogP contribution is 2.63. The number of cyclic esters (lactones) is 1. The van der Waals surface area contributed by atoms with Crippen LogP contribution < -0.4 is 10.1 Å². The quantitative estimate of drug-likeness (QED) is 0.351. The van der Waals surface area contributed by atoms with Crippen molar-refractivity contribution in [2.24, 2.45) is 23.7 Å². The molecule has 3 heterocycles. The number of hydrogen-bond donors (Lipinski definition) is 2. The highest BCUT2D eigenvalue weighted by atomic mass is 16.7. The van der Waals surface area contributed by atoms with E-state index in [9.17, 15) is 19.5 Å². The van der Waals surface area contributed by atoms with Gasteiger partial charge in [-0.1, -0.05) is 38.1 Å². The van der Waals surface area contributed by atoms with Crippen LogP contribution in [0.25, 0.3) is 0 Å². The predicted molar refractivity (Wildman–Crippen MR) is 136 cm³/mol. The number of amides is 1. The average molecular weight is 526 g/mol. The van der Waals surface area contributed by atoms with Crippen LogP contribution in [0, 0.1) is 23.7 Å². The smallest absolute Gasteiger partial charge is 0.497 e. The van der Waals surface area contributed by atoms with Crippen LogP contribution in [0.15, 0.2) is 48.8 Å². The number of nitrogens with one attached hydrogen (secondary N) is 1. The van der Waals surface area contributed by atoms with Gasteiger partial charge in [-0.2, -0.15) is 0 Å². The van der Waals surface area contributed by atoms with Crippen LogP contribution in [0.2, 0.25) is 0 Å². The second-order valence-corrected chi connectivity index (χ2v) is 11.3. The summed E-state index contributed by atoms with van der Waals surface area (Å²) in [7, 11) is 1.61. The van der Waals surface area contributed by atoms with Crippen LogP contribution in [-0.4, -0.2) is 59.0 Å². The van der Waals surface area contributed by atoms with Gasteiger partial charge >= 0.3 is 6.16 Å². The van der Waals surface area contributed by atoms with Gasteiger partial charge in [0.2, 0.25) is 5.60 Å². The van der Waals surface area contributed by atoms with Gasteiger partial charge in [-0.05, 0) is 56.4 Å². The third kappa shape index (κ3) is 4.12. The van der Waals surface area contributed by atoms with Crippen molar-refractivity contribution in [3.05, 3.63) is 54.3 Å². The third-order valence-corrected chi connectivity index (χ3v) is 8.96. The Morgan fingerprint density at radius 1 is 1.13 bits per heavy atom. The molecule has 1 aromatic carbocycles. The Morgan fingerprint density at radius 3 is 2.53 bits per heavy atom. The summed E-state index contributed by atoms with van der Waals surface area (Å²) in [6.07, 6.45) is 5.15. The summed E-state index contributed by atoms with van der Waals surface area (Å²) in [5, 5.41) is 13.7. The number of rotatable bonds is 3. The molecule has 0 unspecified atom stereocenters. The van der Waals surface area contributed by atoms with Gasteiger partial charge in [0.15, 0.2) is 5.78 Å². The number of hydrogen-bond acceptors (Lipinski definition) is 8. The Morgan fingerprint density at radius 2 is 1.84 bits per heavy atom. The first-order valence-electron chi connectivity index (χ1n) is 13.1. The van der Waals surface area contributed by atoms with E-state index in [1.807, 2.05) is 50.3 Å². The first kappa shape index (κ1) is 26.4. The fraction of sp³-hybridized carbons (Fsp3) is 0.552. The predicted octanol–water partition coefficient (Wildman–Crippen LogP) is 3.10. The Hall–Kier alpha value is -3.17. The number of allylic oxidation sites excluding steroid dienone is 1. The van der Waals surface area contributed by atoms with Gasteiger partial charge in [-0.25, -0.2) is 4.79 Å². The summed E-state index contributed by atoms with van der Waals surface area (Å²) in [6.45, 7) is 7.12. The van der Waals surface area contributed by atoms with Crippen molar-refractivity contribution >= 4 is 17.8 Å². The van der Waals surface area contributed by atoms with Gasteiger partial charge < -0.3 is 29.4 Å². The van der Waals surface area contributed by atoms with Crippen molar-refractivity contribution in [1.82, 2.24) is 5.32 Å². The maximum Gasteiger partial charge on any atom is 0.514 e. The molecule has 9 heteroatoms. The zero-order valence-corrected chi connectivity index (χ0v) is 22.3. The summed E-state index contributed by atoms with van der Waals surface area (Å²) in [4.78, 5) is 39.7. The molecule has 5 rings (SSSR count). The summed E-state index contributed by atoms with van der Waals surface area (Å²) in [5.41, 5.74) is -2.89. The topological polar surface area (TPSA) is 124 Å². The Balaban J connectivity index is 1.55. The molecule has 0 bridgehead atoms. The number of benzene rings is 1. The Bertz CT molecular complexity index is 1190. The molecule has 3 aliphatic heterocycles. The van der Waals surface area contributed by atoms with Crippen molar-refractivity contribution in [3.63, 3.8) is 0 Å². The van der Waals surface area contributed by atoms with Crippen molar-refractivity contribution < 1.29 is 38.4 Å². The largest absolute Gasteiger partial charge is 0.514 e. The summed E-state index contributed by atoms with van der Waals surface area (Å²) in [6, 6.07) is 7.32. The van der Waals surface area contributed by atoms with Gasteiger partial charge in [0, 0.05) is 17.9 Å². The van der Waals surface area contributed by atoms with Crippen molar-refractivity contribution in [1.29, 1.82) is 0 Å². The lowest BCUT2D eigenvalue weighted by atomic mass is 9.59. The molecule has 1 aliphatic carbocycles. The molecular weight excluding hydrogens is 490 g/mol. The molecule has 1 aromatic rings. The highest BCUT2D eigenvalue weighted by Gasteiger charge is 2.78. The number of fused-ring (bicyclic) bond motifs is 2. The van der Waals surface area contributed by atoms with Crippen LogP contribution in [0.5, 0.6) is 5.75 Å². The molecule has 38 heavy (non-hydrogen) atoms. The van der Waals surface area contributed by atoms with Gasteiger partial charge in [-0.3, -0.25) is 9.59 Å². The minimum Gasteiger partial charge on any atom is -0.497 e. The molecule has 9 nitrogen and oxygen atoms in total. The van der Waals surface area contributed by atoms with E-state index in [0.29, 0.717) is 12.8 Å². The molecule has 4 aliphatic rings. The molecule has 0 radical (unpaired) electrons. The zero-order valence-electron chi connectivity index (χ0n) is 22.3. The van der Waals surface area contributed by atoms with E-state index in [1.165, 1.54) is 6.92 Å². The van der Waals surface area contributed by atoms with Crippen LogP contribution >= 0.6 is 0 Å². The maximum absolute atomic E-state index is 13.9. The van der Waals surface area contributed by atoms with E-state index in [0.717, 1.165) is 23.7 Å². The molecule has 9 atom stereocenters. The van der Waals surface area contributed by atoms with E-state index in [4.69, 9.17) is 18.9 Å². The molecule has 1 saturated carbocycles.